The Morgan fingerprint density at radius 1 is 1.04 bits per heavy atom. The Morgan fingerprint density at radius 3 is 2.39 bits per heavy atom. The van der Waals surface area contributed by atoms with Crippen LogP contribution < -0.4 is 0 Å². The molecule has 3 atom stereocenters. The van der Waals surface area contributed by atoms with Crippen LogP contribution in [-0.2, 0) is 20.6 Å². The smallest absolute Gasteiger partial charge is 0.225 e. The Balaban J connectivity index is 1.62. The van der Waals surface area contributed by atoms with Gasteiger partial charge in [0.1, 0.15) is 0 Å². The van der Waals surface area contributed by atoms with Crippen LogP contribution in [-0.4, -0.2) is 43.9 Å². The molecule has 156 valence electrons. The van der Waals surface area contributed by atoms with Crippen molar-refractivity contribution < 1.29 is 14.0 Å². The molecule has 0 bridgehead atoms. The summed E-state index contributed by atoms with van der Waals surface area (Å²) >= 11 is 0. The van der Waals surface area contributed by atoms with Crippen molar-refractivity contribution in [1.29, 1.82) is 0 Å². The maximum atomic E-state index is 12.8. The summed E-state index contributed by atoms with van der Waals surface area (Å²) in [6.07, 6.45) is 5.32. The number of carbonyl (C=O) groups is 1. The van der Waals surface area contributed by atoms with E-state index in [1.165, 1.54) is 31.0 Å². The molecule has 1 saturated heterocycles. The van der Waals surface area contributed by atoms with Crippen molar-refractivity contribution in [2.75, 3.05) is 6.54 Å². The molecule has 1 aliphatic heterocycles. The van der Waals surface area contributed by atoms with E-state index in [-0.39, 0.29) is 24.2 Å². The third-order valence-electron chi connectivity index (χ3n) is 6.85. The number of ether oxygens (including phenoxy) is 1. The molecular weight excluding hydrogens is 366 g/mol. The standard InChI is InChI=1S/C23H37NO3Si/c1-4-28(5-2,6-3)27-22-15-11-10-14-21(22)24-17-20(16-23(24)25)26-18-19-12-8-7-9-13-19/h7-9,12-13,20-22H,4-6,10-11,14-18H2,1-3H3/t20-,21+,22+/m1/s1. The van der Waals surface area contributed by atoms with Gasteiger partial charge in [0.05, 0.1) is 31.3 Å². The normalized spacial score (nSPS) is 26.0. The summed E-state index contributed by atoms with van der Waals surface area (Å²) in [7, 11) is -1.67. The van der Waals surface area contributed by atoms with Gasteiger partial charge in [-0.15, -0.1) is 0 Å². The molecule has 0 unspecified atom stereocenters. The van der Waals surface area contributed by atoms with E-state index in [1.807, 2.05) is 18.2 Å². The lowest BCUT2D eigenvalue weighted by molar-refractivity contribution is -0.132. The average molecular weight is 404 g/mol. The first-order valence-electron chi connectivity index (χ1n) is 11.2. The third-order valence-corrected chi connectivity index (χ3v) is 11.5. The Bertz CT molecular complexity index is 611. The summed E-state index contributed by atoms with van der Waals surface area (Å²) in [5.41, 5.74) is 1.16. The summed E-state index contributed by atoms with van der Waals surface area (Å²) in [5.74, 6) is 0.246. The minimum atomic E-state index is -1.67. The van der Waals surface area contributed by atoms with Crippen LogP contribution in [0.5, 0.6) is 0 Å². The molecule has 1 amide bonds. The Kier molecular flexibility index (Phi) is 7.72. The fraction of sp³-hybridized carbons (Fsp3) is 0.696. The second-order valence-electron chi connectivity index (χ2n) is 8.42. The van der Waals surface area contributed by atoms with Gasteiger partial charge < -0.3 is 14.1 Å². The Morgan fingerprint density at radius 2 is 1.71 bits per heavy atom. The summed E-state index contributed by atoms with van der Waals surface area (Å²) < 4.78 is 13.0. The van der Waals surface area contributed by atoms with Crippen LogP contribution in [0.2, 0.25) is 18.1 Å². The van der Waals surface area contributed by atoms with Gasteiger partial charge in [0.2, 0.25) is 5.91 Å². The highest BCUT2D eigenvalue weighted by Crippen LogP contribution is 2.34. The second kappa shape index (κ2) is 10.0. The molecule has 1 aromatic carbocycles. The van der Waals surface area contributed by atoms with E-state index in [0.29, 0.717) is 13.0 Å². The lowest BCUT2D eigenvalue weighted by Gasteiger charge is -2.43. The molecule has 1 aromatic rings. The monoisotopic (exact) mass is 403 g/mol. The number of nitrogens with zero attached hydrogens (tertiary/aromatic N) is 1. The van der Waals surface area contributed by atoms with E-state index >= 15 is 0 Å². The number of likely N-dealkylation sites (tertiary alicyclic amines) is 1. The molecule has 5 heteroatoms. The summed E-state index contributed by atoms with van der Waals surface area (Å²) in [5, 5.41) is 0. The first-order chi connectivity index (χ1) is 13.6. The summed E-state index contributed by atoms with van der Waals surface area (Å²) in [4.78, 5) is 14.9. The number of benzene rings is 1. The van der Waals surface area contributed by atoms with Crippen molar-refractivity contribution in [2.24, 2.45) is 0 Å². The van der Waals surface area contributed by atoms with Crippen molar-refractivity contribution in [3.05, 3.63) is 35.9 Å². The highest BCUT2D eigenvalue weighted by atomic mass is 28.4. The van der Waals surface area contributed by atoms with Crippen LogP contribution in [0.1, 0.15) is 58.4 Å². The number of hydrogen-bond donors (Lipinski definition) is 0. The fourth-order valence-corrected chi connectivity index (χ4v) is 7.73. The highest BCUT2D eigenvalue weighted by Gasteiger charge is 2.42. The Hall–Kier alpha value is -1.17. The second-order valence-corrected chi connectivity index (χ2v) is 13.1. The molecule has 2 aliphatic rings. The lowest BCUT2D eigenvalue weighted by atomic mass is 9.91. The largest absolute Gasteiger partial charge is 0.412 e. The molecule has 1 heterocycles. The van der Waals surface area contributed by atoms with E-state index in [2.05, 4.69) is 37.8 Å². The minimum Gasteiger partial charge on any atom is -0.412 e. The molecule has 28 heavy (non-hydrogen) atoms. The van der Waals surface area contributed by atoms with Gasteiger partial charge in [-0.2, -0.15) is 0 Å². The van der Waals surface area contributed by atoms with Gasteiger partial charge in [0, 0.05) is 6.54 Å². The fourth-order valence-electron chi connectivity index (χ4n) is 4.81. The van der Waals surface area contributed by atoms with Gasteiger partial charge in [-0.1, -0.05) is 63.9 Å². The number of carbonyl (C=O) groups excluding carboxylic acids is 1. The number of hydrogen-bond acceptors (Lipinski definition) is 3. The van der Waals surface area contributed by atoms with Crippen molar-refractivity contribution in [1.82, 2.24) is 4.90 Å². The van der Waals surface area contributed by atoms with E-state index in [1.54, 1.807) is 0 Å². The first-order valence-corrected chi connectivity index (χ1v) is 13.8. The molecule has 3 rings (SSSR count). The molecule has 0 spiro atoms. The Labute approximate surface area is 171 Å². The van der Waals surface area contributed by atoms with Crippen LogP contribution in [0.4, 0.5) is 0 Å². The first kappa shape index (κ1) is 21.5. The minimum absolute atomic E-state index is 0.000750. The van der Waals surface area contributed by atoms with Gasteiger partial charge >= 0.3 is 0 Å². The zero-order chi connectivity index (χ0) is 20.0. The van der Waals surface area contributed by atoms with Crippen LogP contribution in [0.3, 0.4) is 0 Å². The van der Waals surface area contributed by atoms with Gasteiger partial charge in [0.25, 0.3) is 0 Å². The molecule has 0 radical (unpaired) electrons. The molecule has 1 saturated carbocycles. The van der Waals surface area contributed by atoms with E-state index in [0.717, 1.165) is 24.9 Å². The van der Waals surface area contributed by atoms with Crippen LogP contribution in [0, 0.1) is 0 Å². The van der Waals surface area contributed by atoms with Crippen molar-refractivity contribution in [3.8, 4) is 0 Å². The lowest BCUT2D eigenvalue weighted by Crippen LogP contribution is -2.52. The van der Waals surface area contributed by atoms with Crippen molar-refractivity contribution >= 4 is 14.2 Å². The topological polar surface area (TPSA) is 38.8 Å². The average Bonchev–Trinajstić information content (AvgIpc) is 3.12. The van der Waals surface area contributed by atoms with Gasteiger partial charge in [-0.3, -0.25) is 4.79 Å². The van der Waals surface area contributed by atoms with E-state index in [9.17, 15) is 4.79 Å². The number of amides is 1. The van der Waals surface area contributed by atoms with Gasteiger partial charge in [-0.05, 0) is 36.5 Å². The highest BCUT2D eigenvalue weighted by molar-refractivity contribution is 6.73. The molecule has 0 N–H and O–H groups in total. The van der Waals surface area contributed by atoms with Crippen LogP contribution in [0.25, 0.3) is 0 Å². The van der Waals surface area contributed by atoms with Crippen LogP contribution in [0.15, 0.2) is 30.3 Å². The zero-order valence-electron chi connectivity index (χ0n) is 17.9. The van der Waals surface area contributed by atoms with E-state index < -0.39 is 8.32 Å². The SMILES string of the molecule is CC[Si](CC)(CC)O[C@H]1CCCC[C@@H]1N1C[C@H](OCc2ccccc2)CC1=O. The molecule has 2 fully saturated rings. The molecule has 0 aromatic heterocycles. The molecule has 4 nitrogen and oxygen atoms in total. The maximum absolute atomic E-state index is 12.8. The summed E-state index contributed by atoms with van der Waals surface area (Å²) in [6.45, 7) is 8.15. The zero-order valence-corrected chi connectivity index (χ0v) is 18.9. The maximum Gasteiger partial charge on any atom is 0.225 e. The number of rotatable bonds is 9. The van der Waals surface area contributed by atoms with Gasteiger partial charge in [0.15, 0.2) is 8.32 Å². The quantitative estimate of drug-likeness (QED) is 0.536. The molecule has 1 aliphatic carbocycles. The predicted octanol–water partition coefficient (Wildman–Crippen LogP) is 5.14. The van der Waals surface area contributed by atoms with Crippen molar-refractivity contribution in [2.45, 2.75) is 95.9 Å². The molecular formula is C23H37NO3Si. The van der Waals surface area contributed by atoms with Crippen molar-refractivity contribution in [3.63, 3.8) is 0 Å². The summed E-state index contributed by atoms with van der Waals surface area (Å²) in [6, 6.07) is 14.0. The van der Waals surface area contributed by atoms with Crippen LogP contribution >= 0.6 is 0 Å². The predicted molar refractivity (Wildman–Crippen MR) is 116 cm³/mol. The van der Waals surface area contributed by atoms with E-state index in [4.69, 9.17) is 9.16 Å². The third kappa shape index (κ3) is 5.05. The van der Waals surface area contributed by atoms with Gasteiger partial charge in [-0.25, -0.2) is 0 Å².